The molecule has 2 heterocycles. The summed E-state index contributed by atoms with van der Waals surface area (Å²) in [7, 11) is 0. The summed E-state index contributed by atoms with van der Waals surface area (Å²) < 4.78 is 0. The van der Waals surface area contributed by atoms with Gasteiger partial charge in [0.2, 0.25) is 5.91 Å². The van der Waals surface area contributed by atoms with E-state index in [2.05, 4.69) is 20.6 Å². The number of carbonyl (C=O) groups excluding carboxylic acids is 1. The van der Waals surface area contributed by atoms with E-state index in [1.807, 2.05) is 72.9 Å². The Hall–Kier alpha value is -3.35. The van der Waals surface area contributed by atoms with Gasteiger partial charge in [0.1, 0.15) is 0 Å². The van der Waals surface area contributed by atoms with Gasteiger partial charge < -0.3 is 10.6 Å². The van der Waals surface area contributed by atoms with Gasteiger partial charge in [-0.15, -0.1) is 11.3 Å². The zero-order chi connectivity index (χ0) is 20.6. The molecule has 2 N–H and O–H groups in total. The van der Waals surface area contributed by atoms with Crippen molar-refractivity contribution >= 4 is 22.9 Å². The molecule has 0 unspecified atom stereocenters. The van der Waals surface area contributed by atoms with Crippen molar-refractivity contribution < 1.29 is 4.79 Å². The summed E-state index contributed by atoms with van der Waals surface area (Å²) >= 11 is 1.58. The zero-order valence-corrected chi connectivity index (χ0v) is 17.2. The van der Waals surface area contributed by atoms with Crippen molar-refractivity contribution in [1.29, 1.82) is 0 Å². The summed E-state index contributed by atoms with van der Waals surface area (Å²) in [6, 6.07) is 21.4. The Kier molecular flexibility index (Phi) is 6.59. The molecule has 0 radical (unpaired) electrons. The maximum Gasteiger partial charge on any atom is 0.241 e. The number of hydrogen-bond acceptors (Lipinski definition) is 5. The highest BCUT2D eigenvalue weighted by atomic mass is 32.1. The second-order valence-corrected chi connectivity index (χ2v) is 7.87. The van der Waals surface area contributed by atoms with Gasteiger partial charge in [-0.2, -0.15) is 0 Å². The van der Waals surface area contributed by atoms with Gasteiger partial charge in [0.15, 0.2) is 0 Å². The summed E-state index contributed by atoms with van der Waals surface area (Å²) in [5.41, 5.74) is 5.78. The number of amides is 1. The molecule has 0 aliphatic carbocycles. The molecule has 5 nitrogen and oxygen atoms in total. The fourth-order valence-electron chi connectivity index (χ4n) is 3.21. The molecule has 0 fully saturated rings. The third kappa shape index (κ3) is 5.37. The van der Waals surface area contributed by atoms with Gasteiger partial charge >= 0.3 is 0 Å². The van der Waals surface area contributed by atoms with Crippen molar-refractivity contribution in [2.75, 3.05) is 5.32 Å². The molecule has 4 rings (SSSR count). The van der Waals surface area contributed by atoms with Crippen LogP contribution in [0.1, 0.15) is 10.4 Å². The van der Waals surface area contributed by atoms with Crippen LogP contribution in [0.5, 0.6) is 0 Å². The quantitative estimate of drug-likeness (QED) is 0.444. The number of nitrogens with zero attached hydrogens (tertiary/aromatic N) is 2. The van der Waals surface area contributed by atoms with Crippen molar-refractivity contribution in [1.82, 2.24) is 15.3 Å². The number of aromatic nitrogens is 2. The number of pyridine rings is 1. The monoisotopic (exact) mass is 414 g/mol. The minimum Gasteiger partial charge on any atom is -0.325 e. The van der Waals surface area contributed by atoms with E-state index < -0.39 is 0 Å². The van der Waals surface area contributed by atoms with Crippen LogP contribution in [0.2, 0.25) is 0 Å². The van der Waals surface area contributed by atoms with Crippen LogP contribution in [-0.4, -0.2) is 21.9 Å². The van der Waals surface area contributed by atoms with Crippen LogP contribution in [0.15, 0.2) is 90.8 Å². The Morgan fingerprint density at radius 2 is 1.77 bits per heavy atom. The number of hydrogen-bond donors (Lipinski definition) is 2. The van der Waals surface area contributed by atoms with E-state index in [4.69, 9.17) is 0 Å². The number of thiazole rings is 1. The molecule has 1 atom stereocenters. The van der Waals surface area contributed by atoms with Crippen LogP contribution in [-0.2, 0) is 17.8 Å². The molecule has 1 amide bonds. The van der Waals surface area contributed by atoms with Gasteiger partial charge in [-0.3, -0.25) is 14.8 Å². The minimum atomic E-state index is -0.362. The Morgan fingerprint density at radius 3 is 2.53 bits per heavy atom. The normalized spacial score (nSPS) is 11.7. The molecule has 4 aromatic rings. The lowest BCUT2D eigenvalue weighted by Crippen LogP contribution is -2.41. The largest absolute Gasteiger partial charge is 0.325 e. The summed E-state index contributed by atoms with van der Waals surface area (Å²) in [5, 5.41) is 6.46. The first kappa shape index (κ1) is 19.9. The molecule has 2 aromatic heterocycles. The van der Waals surface area contributed by atoms with Crippen LogP contribution in [0.4, 0.5) is 5.69 Å². The zero-order valence-electron chi connectivity index (χ0n) is 16.4. The SMILES string of the molecule is O=C(Nc1cccc(-c2ccncc2)c1)[C@@H](Cc1ccccc1)NCc1cncs1. The average molecular weight is 415 g/mol. The van der Waals surface area contributed by atoms with E-state index in [0.29, 0.717) is 13.0 Å². The summed E-state index contributed by atoms with van der Waals surface area (Å²) in [5.74, 6) is -0.0600. The number of carbonyl (C=O) groups is 1. The molecule has 6 heteroatoms. The van der Waals surface area contributed by atoms with E-state index in [1.165, 1.54) is 0 Å². The molecule has 2 aromatic carbocycles. The van der Waals surface area contributed by atoms with Gasteiger partial charge in [0.05, 0.1) is 11.6 Å². The highest BCUT2D eigenvalue weighted by Gasteiger charge is 2.19. The lowest BCUT2D eigenvalue weighted by Gasteiger charge is -2.19. The van der Waals surface area contributed by atoms with Crippen LogP contribution < -0.4 is 10.6 Å². The van der Waals surface area contributed by atoms with Crippen molar-refractivity contribution in [2.24, 2.45) is 0 Å². The van der Waals surface area contributed by atoms with Gasteiger partial charge in [0, 0.05) is 35.7 Å². The predicted octanol–water partition coefficient (Wildman–Crippen LogP) is 4.54. The second-order valence-electron chi connectivity index (χ2n) is 6.90. The Morgan fingerprint density at radius 1 is 0.933 bits per heavy atom. The molecular formula is C24H22N4OS. The maximum absolute atomic E-state index is 13.1. The van der Waals surface area contributed by atoms with E-state index in [-0.39, 0.29) is 11.9 Å². The molecule has 0 saturated heterocycles. The first-order valence-corrected chi connectivity index (χ1v) is 10.6. The molecule has 0 bridgehead atoms. The molecule has 0 spiro atoms. The van der Waals surface area contributed by atoms with E-state index in [9.17, 15) is 4.79 Å². The van der Waals surface area contributed by atoms with E-state index in [0.717, 1.165) is 27.3 Å². The summed E-state index contributed by atoms with van der Waals surface area (Å²) in [4.78, 5) is 22.4. The summed E-state index contributed by atoms with van der Waals surface area (Å²) in [6.07, 6.45) is 5.96. The van der Waals surface area contributed by atoms with Gasteiger partial charge in [0.25, 0.3) is 0 Å². The fourth-order valence-corrected chi connectivity index (χ4v) is 3.76. The first-order valence-electron chi connectivity index (χ1n) is 9.74. The summed E-state index contributed by atoms with van der Waals surface area (Å²) in [6.45, 7) is 0.604. The van der Waals surface area contributed by atoms with Crippen LogP contribution >= 0.6 is 11.3 Å². The molecular weight excluding hydrogens is 392 g/mol. The minimum absolute atomic E-state index is 0.0600. The third-order valence-electron chi connectivity index (χ3n) is 4.75. The number of benzene rings is 2. The highest BCUT2D eigenvalue weighted by molar-refractivity contribution is 7.09. The molecule has 150 valence electrons. The number of anilines is 1. The molecule has 0 aliphatic rings. The molecule has 0 saturated carbocycles. The Bertz CT molecular complexity index is 1070. The average Bonchev–Trinajstić information content (AvgIpc) is 3.32. The van der Waals surface area contributed by atoms with E-state index in [1.54, 1.807) is 29.2 Å². The lowest BCUT2D eigenvalue weighted by atomic mass is 10.0. The number of nitrogens with one attached hydrogen (secondary N) is 2. The van der Waals surface area contributed by atoms with E-state index >= 15 is 0 Å². The maximum atomic E-state index is 13.1. The van der Waals surface area contributed by atoms with Crippen molar-refractivity contribution in [2.45, 2.75) is 19.0 Å². The Balaban J connectivity index is 1.49. The van der Waals surface area contributed by atoms with Crippen LogP contribution in [0.25, 0.3) is 11.1 Å². The van der Waals surface area contributed by atoms with Crippen molar-refractivity contribution in [3.63, 3.8) is 0 Å². The molecule has 0 aliphatic heterocycles. The predicted molar refractivity (Wildman–Crippen MR) is 121 cm³/mol. The smallest absolute Gasteiger partial charge is 0.241 e. The van der Waals surface area contributed by atoms with Crippen LogP contribution in [0, 0.1) is 0 Å². The van der Waals surface area contributed by atoms with Gasteiger partial charge in [-0.05, 0) is 47.4 Å². The molecule has 30 heavy (non-hydrogen) atoms. The number of rotatable bonds is 8. The Labute approximate surface area is 179 Å². The lowest BCUT2D eigenvalue weighted by molar-refractivity contribution is -0.118. The van der Waals surface area contributed by atoms with Gasteiger partial charge in [-0.25, -0.2) is 0 Å². The first-order chi connectivity index (χ1) is 14.8. The van der Waals surface area contributed by atoms with Crippen molar-refractivity contribution in [3.05, 3.63) is 101 Å². The van der Waals surface area contributed by atoms with Crippen LogP contribution in [0.3, 0.4) is 0 Å². The second kappa shape index (κ2) is 9.91. The highest BCUT2D eigenvalue weighted by Crippen LogP contribution is 2.22. The standard InChI is InChI=1S/C24H22N4OS/c29-24(28-21-8-4-7-20(14-21)19-9-11-25-12-10-19)23(13-18-5-2-1-3-6-18)27-16-22-15-26-17-30-22/h1-12,14-15,17,23,27H,13,16H2,(H,28,29)/t23-/m1/s1. The topological polar surface area (TPSA) is 66.9 Å². The van der Waals surface area contributed by atoms with Gasteiger partial charge in [-0.1, -0.05) is 42.5 Å². The third-order valence-corrected chi connectivity index (χ3v) is 5.53. The van der Waals surface area contributed by atoms with Crippen molar-refractivity contribution in [3.8, 4) is 11.1 Å². The fraction of sp³-hybridized carbons (Fsp3) is 0.125.